The number of fused-ring (bicyclic) bond motifs is 3. The van der Waals surface area contributed by atoms with E-state index in [4.69, 9.17) is 16.3 Å². The average Bonchev–Trinajstić information content (AvgIpc) is 3.05. The first kappa shape index (κ1) is 21.9. The van der Waals surface area contributed by atoms with Gasteiger partial charge < -0.3 is 20.5 Å². The van der Waals surface area contributed by atoms with Gasteiger partial charge >= 0.3 is 12.1 Å². The molecule has 7 heteroatoms. The molecule has 0 aliphatic heterocycles. The molecule has 0 bridgehead atoms. The van der Waals surface area contributed by atoms with Gasteiger partial charge in [0.15, 0.2) is 0 Å². The highest BCUT2D eigenvalue weighted by molar-refractivity contribution is 5.86. The predicted octanol–water partition coefficient (Wildman–Crippen LogP) is 2.90. The average molecular weight is 420 g/mol. The SMILES string of the molecule is C#CCC(NC(=O)OCC1c2ccccc2-c2ccccc21)C(=O)N[C@@H](C)CC(=O)O. The number of terminal acetylenes is 1. The van der Waals surface area contributed by atoms with E-state index < -0.39 is 30.1 Å². The van der Waals surface area contributed by atoms with Crippen LogP contribution in [0.1, 0.15) is 36.8 Å². The zero-order valence-electron chi connectivity index (χ0n) is 17.1. The van der Waals surface area contributed by atoms with Gasteiger partial charge in [-0.2, -0.15) is 0 Å². The van der Waals surface area contributed by atoms with E-state index >= 15 is 0 Å². The van der Waals surface area contributed by atoms with Crippen molar-refractivity contribution < 1.29 is 24.2 Å². The van der Waals surface area contributed by atoms with Gasteiger partial charge in [0.25, 0.3) is 0 Å². The summed E-state index contributed by atoms with van der Waals surface area (Å²) in [4.78, 5) is 35.6. The van der Waals surface area contributed by atoms with Crippen LogP contribution >= 0.6 is 0 Å². The lowest BCUT2D eigenvalue weighted by Crippen LogP contribution is -2.49. The van der Waals surface area contributed by atoms with E-state index in [1.54, 1.807) is 6.92 Å². The molecule has 1 aliphatic rings. The molecule has 0 radical (unpaired) electrons. The second kappa shape index (κ2) is 9.81. The van der Waals surface area contributed by atoms with Crippen molar-refractivity contribution in [2.24, 2.45) is 0 Å². The van der Waals surface area contributed by atoms with Crippen molar-refractivity contribution >= 4 is 18.0 Å². The highest BCUT2D eigenvalue weighted by atomic mass is 16.5. The van der Waals surface area contributed by atoms with Gasteiger partial charge in [0, 0.05) is 18.4 Å². The van der Waals surface area contributed by atoms with Gasteiger partial charge in [-0.1, -0.05) is 48.5 Å². The van der Waals surface area contributed by atoms with E-state index in [2.05, 4.69) is 16.6 Å². The van der Waals surface area contributed by atoms with Crippen LogP contribution < -0.4 is 10.6 Å². The maximum atomic E-state index is 12.4. The summed E-state index contributed by atoms with van der Waals surface area (Å²) in [6, 6.07) is 14.3. The highest BCUT2D eigenvalue weighted by Crippen LogP contribution is 2.44. The smallest absolute Gasteiger partial charge is 0.407 e. The second-order valence-corrected chi connectivity index (χ2v) is 7.44. The molecular formula is C24H24N2O5. The number of benzene rings is 2. The van der Waals surface area contributed by atoms with E-state index in [1.807, 2.05) is 48.5 Å². The van der Waals surface area contributed by atoms with Gasteiger partial charge in [0.2, 0.25) is 5.91 Å². The lowest BCUT2D eigenvalue weighted by atomic mass is 9.98. The Bertz CT molecular complexity index is 981. The second-order valence-electron chi connectivity index (χ2n) is 7.44. The van der Waals surface area contributed by atoms with Gasteiger partial charge in [-0.3, -0.25) is 9.59 Å². The molecule has 0 saturated heterocycles. The number of carboxylic acids is 1. The summed E-state index contributed by atoms with van der Waals surface area (Å²) in [5, 5.41) is 13.8. The Morgan fingerprint density at radius 3 is 2.19 bits per heavy atom. The molecule has 0 fully saturated rings. The number of ether oxygens (including phenoxy) is 1. The first-order valence-corrected chi connectivity index (χ1v) is 9.97. The first-order valence-electron chi connectivity index (χ1n) is 9.97. The monoisotopic (exact) mass is 420 g/mol. The molecule has 1 aliphatic carbocycles. The molecule has 3 rings (SSSR count). The molecule has 1 unspecified atom stereocenters. The summed E-state index contributed by atoms with van der Waals surface area (Å²) < 4.78 is 5.44. The third kappa shape index (κ3) is 5.23. The van der Waals surface area contributed by atoms with E-state index in [1.165, 1.54) is 0 Å². The largest absolute Gasteiger partial charge is 0.481 e. The van der Waals surface area contributed by atoms with Gasteiger partial charge in [0.1, 0.15) is 12.6 Å². The number of amides is 2. The maximum Gasteiger partial charge on any atom is 0.407 e. The standard InChI is InChI=1S/C24H24N2O5/c1-3-8-21(23(29)25-15(2)13-22(27)28)26-24(30)31-14-20-18-11-6-4-9-16(18)17-10-5-7-12-19(17)20/h1,4-7,9-12,15,20-21H,8,13-14H2,2H3,(H,25,29)(H,26,30)(H,27,28)/t15-,21?/m0/s1. The van der Waals surface area contributed by atoms with E-state index in [0.717, 1.165) is 22.3 Å². The van der Waals surface area contributed by atoms with Crippen molar-refractivity contribution in [3.05, 3.63) is 59.7 Å². The van der Waals surface area contributed by atoms with Gasteiger partial charge in [-0.15, -0.1) is 12.3 Å². The molecule has 7 nitrogen and oxygen atoms in total. The Morgan fingerprint density at radius 2 is 1.65 bits per heavy atom. The van der Waals surface area contributed by atoms with Crippen LogP contribution in [0.5, 0.6) is 0 Å². The first-order chi connectivity index (χ1) is 14.9. The molecule has 0 spiro atoms. The van der Waals surface area contributed by atoms with E-state index in [9.17, 15) is 14.4 Å². The van der Waals surface area contributed by atoms with Gasteiger partial charge in [-0.25, -0.2) is 4.79 Å². The number of hydrogen-bond acceptors (Lipinski definition) is 4. The molecule has 2 aromatic rings. The Labute approximate surface area is 180 Å². The van der Waals surface area contributed by atoms with Crippen LogP contribution in [0.2, 0.25) is 0 Å². The lowest BCUT2D eigenvalue weighted by molar-refractivity contribution is -0.137. The fraction of sp³-hybridized carbons (Fsp3) is 0.292. The van der Waals surface area contributed by atoms with Gasteiger partial charge in [0.05, 0.1) is 6.42 Å². The fourth-order valence-electron chi connectivity index (χ4n) is 3.77. The van der Waals surface area contributed by atoms with Crippen LogP contribution in [0.3, 0.4) is 0 Å². The zero-order valence-corrected chi connectivity index (χ0v) is 17.1. The Balaban J connectivity index is 1.63. The van der Waals surface area contributed by atoms with Crippen molar-refractivity contribution in [3.63, 3.8) is 0 Å². The normalized spacial score (nSPS) is 13.8. The van der Waals surface area contributed by atoms with Crippen LogP contribution in [-0.2, 0) is 14.3 Å². The number of rotatable bonds is 8. The minimum absolute atomic E-state index is 0.0458. The fourth-order valence-corrected chi connectivity index (χ4v) is 3.77. The highest BCUT2D eigenvalue weighted by Gasteiger charge is 2.30. The molecular weight excluding hydrogens is 396 g/mol. The summed E-state index contributed by atoms with van der Waals surface area (Å²) in [6.45, 7) is 1.67. The predicted molar refractivity (Wildman–Crippen MR) is 115 cm³/mol. The van der Waals surface area contributed by atoms with Crippen molar-refractivity contribution in [2.75, 3.05) is 6.61 Å². The molecule has 0 aromatic heterocycles. The molecule has 0 heterocycles. The summed E-state index contributed by atoms with van der Waals surface area (Å²) in [6.07, 6.45) is 4.27. The van der Waals surface area contributed by atoms with E-state index in [-0.39, 0.29) is 25.4 Å². The molecule has 160 valence electrons. The molecule has 2 aromatic carbocycles. The molecule has 2 atom stereocenters. The number of carboxylic acid groups (broad SMARTS) is 1. The number of carbonyl (C=O) groups is 3. The van der Waals surface area contributed by atoms with Crippen LogP contribution in [0.25, 0.3) is 11.1 Å². The van der Waals surface area contributed by atoms with Crippen LogP contribution in [0.4, 0.5) is 4.79 Å². The summed E-state index contributed by atoms with van der Waals surface area (Å²) in [7, 11) is 0. The van der Waals surface area contributed by atoms with Crippen LogP contribution in [0.15, 0.2) is 48.5 Å². The summed E-state index contributed by atoms with van der Waals surface area (Å²) >= 11 is 0. The number of alkyl carbamates (subject to hydrolysis) is 1. The minimum Gasteiger partial charge on any atom is -0.481 e. The zero-order chi connectivity index (χ0) is 22.4. The Morgan fingerprint density at radius 1 is 1.06 bits per heavy atom. The molecule has 3 N–H and O–H groups in total. The van der Waals surface area contributed by atoms with E-state index in [0.29, 0.717) is 0 Å². The lowest BCUT2D eigenvalue weighted by Gasteiger charge is -2.20. The topological polar surface area (TPSA) is 105 Å². The maximum absolute atomic E-state index is 12.4. The number of hydrogen-bond donors (Lipinski definition) is 3. The summed E-state index contributed by atoms with van der Waals surface area (Å²) in [5.41, 5.74) is 4.39. The Kier molecular flexibility index (Phi) is 6.93. The van der Waals surface area contributed by atoms with Gasteiger partial charge in [-0.05, 0) is 29.2 Å². The quantitative estimate of drug-likeness (QED) is 0.570. The molecule has 31 heavy (non-hydrogen) atoms. The minimum atomic E-state index is -1.04. The number of aliphatic carboxylic acids is 1. The molecule has 0 saturated carbocycles. The van der Waals surface area contributed by atoms with Crippen molar-refractivity contribution in [1.29, 1.82) is 0 Å². The number of carbonyl (C=O) groups excluding carboxylic acids is 2. The Hall–Kier alpha value is -3.79. The molecule has 2 amide bonds. The third-order valence-electron chi connectivity index (χ3n) is 5.14. The van der Waals surface area contributed by atoms with Crippen molar-refractivity contribution in [1.82, 2.24) is 10.6 Å². The summed E-state index contributed by atoms with van der Waals surface area (Å²) in [5.74, 6) is 0.649. The van der Waals surface area contributed by atoms with Crippen LogP contribution in [0, 0.1) is 12.3 Å². The van der Waals surface area contributed by atoms with Crippen molar-refractivity contribution in [2.45, 2.75) is 37.8 Å². The number of nitrogens with one attached hydrogen (secondary N) is 2. The van der Waals surface area contributed by atoms with Crippen LogP contribution in [-0.4, -0.2) is 41.8 Å². The third-order valence-corrected chi connectivity index (χ3v) is 5.14. The van der Waals surface area contributed by atoms with Crippen molar-refractivity contribution in [3.8, 4) is 23.5 Å².